The van der Waals surface area contributed by atoms with Gasteiger partial charge in [-0.2, -0.15) is 0 Å². The maximum Gasteiger partial charge on any atom is 0.266 e. The van der Waals surface area contributed by atoms with Gasteiger partial charge in [-0.3, -0.25) is 4.79 Å². The fourth-order valence-corrected chi connectivity index (χ4v) is 4.97. The first-order valence-corrected chi connectivity index (χ1v) is 12.5. The SMILES string of the molecule is Cc1nc(CC(=O)NC2(c3ccccc3)CC2)c(C2CCCO2)c(NCc2cccc(C(F)F)c2F)n1. The molecular formula is C28H29F3N4O2. The highest BCUT2D eigenvalue weighted by Crippen LogP contribution is 2.45. The van der Waals surface area contributed by atoms with Gasteiger partial charge in [0.15, 0.2) is 0 Å². The summed E-state index contributed by atoms with van der Waals surface area (Å²) in [6.07, 6.45) is 0.161. The van der Waals surface area contributed by atoms with Gasteiger partial charge in [-0.05, 0) is 38.2 Å². The van der Waals surface area contributed by atoms with Crippen LogP contribution in [0.2, 0.25) is 0 Å². The molecule has 3 aromatic rings. The molecule has 37 heavy (non-hydrogen) atoms. The van der Waals surface area contributed by atoms with Gasteiger partial charge in [0.05, 0.1) is 29.3 Å². The molecule has 0 radical (unpaired) electrons. The van der Waals surface area contributed by atoms with Gasteiger partial charge >= 0.3 is 0 Å². The average Bonchev–Trinajstić information content (AvgIpc) is 3.45. The van der Waals surface area contributed by atoms with Gasteiger partial charge in [-0.15, -0.1) is 0 Å². The number of amides is 1. The number of nitrogens with one attached hydrogen (secondary N) is 2. The number of hydrogen-bond acceptors (Lipinski definition) is 5. The van der Waals surface area contributed by atoms with E-state index in [0.717, 1.165) is 37.3 Å². The zero-order valence-electron chi connectivity index (χ0n) is 20.6. The normalized spacial score (nSPS) is 18.1. The lowest BCUT2D eigenvalue weighted by Gasteiger charge is -2.22. The van der Waals surface area contributed by atoms with Crippen molar-refractivity contribution in [3.8, 4) is 0 Å². The van der Waals surface area contributed by atoms with Crippen molar-refractivity contribution >= 4 is 11.7 Å². The van der Waals surface area contributed by atoms with Crippen molar-refractivity contribution < 1.29 is 22.7 Å². The molecule has 1 saturated carbocycles. The molecule has 6 nitrogen and oxygen atoms in total. The van der Waals surface area contributed by atoms with E-state index in [1.54, 1.807) is 6.92 Å². The topological polar surface area (TPSA) is 76.1 Å². The number of aryl methyl sites for hydroxylation is 1. The Morgan fingerprint density at radius 3 is 2.59 bits per heavy atom. The lowest BCUT2D eigenvalue weighted by Crippen LogP contribution is -2.36. The molecule has 2 aliphatic rings. The van der Waals surface area contributed by atoms with E-state index in [9.17, 15) is 18.0 Å². The summed E-state index contributed by atoms with van der Waals surface area (Å²) in [6, 6.07) is 13.8. The third kappa shape index (κ3) is 5.46. The number of rotatable bonds is 9. The molecule has 1 amide bonds. The monoisotopic (exact) mass is 510 g/mol. The quantitative estimate of drug-likeness (QED) is 0.388. The van der Waals surface area contributed by atoms with E-state index >= 15 is 0 Å². The lowest BCUT2D eigenvalue weighted by atomic mass is 10.0. The molecule has 2 aromatic carbocycles. The van der Waals surface area contributed by atoms with Crippen LogP contribution in [-0.2, 0) is 28.0 Å². The van der Waals surface area contributed by atoms with E-state index in [1.807, 2.05) is 30.3 Å². The van der Waals surface area contributed by atoms with E-state index in [0.29, 0.717) is 29.5 Å². The second kappa shape index (κ2) is 10.5. The smallest absolute Gasteiger partial charge is 0.266 e. The summed E-state index contributed by atoms with van der Waals surface area (Å²) < 4.78 is 46.9. The van der Waals surface area contributed by atoms with Crippen LogP contribution in [0.3, 0.4) is 0 Å². The van der Waals surface area contributed by atoms with Crippen LogP contribution in [0.5, 0.6) is 0 Å². The molecule has 194 valence electrons. The maximum atomic E-state index is 14.6. The Kier molecular flexibility index (Phi) is 7.15. The van der Waals surface area contributed by atoms with E-state index in [2.05, 4.69) is 20.6 Å². The first kappa shape index (κ1) is 25.2. The van der Waals surface area contributed by atoms with Crippen LogP contribution in [0.15, 0.2) is 48.5 Å². The van der Waals surface area contributed by atoms with Crippen LogP contribution in [-0.4, -0.2) is 22.5 Å². The van der Waals surface area contributed by atoms with Crippen LogP contribution in [0, 0.1) is 12.7 Å². The number of benzene rings is 2. The first-order chi connectivity index (χ1) is 17.9. The van der Waals surface area contributed by atoms with Crippen molar-refractivity contribution in [3.05, 3.63) is 88.1 Å². The second-order valence-electron chi connectivity index (χ2n) is 9.63. The summed E-state index contributed by atoms with van der Waals surface area (Å²) >= 11 is 0. The highest BCUT2D eigenvalue weighted by Gasteiger charge is 2.45. The van der Waals surface area contributed by atoms with Gasteiger partial charge in [0.1, 0.15) is 17.5 Å². The van der Waals surface area contributed by atoms with Crippen LogP contribution >= 0.6 is 0 Å². The summed E-state index contributed by atoms with van der Waals surface area (Å²) in [6.45, 7) is 2.24. The Morgan fingerprint density at radius 1 is 1.14 bits per heavy atom. The summed E-state index contributed by atoms with van der Waals surface area (Å²) in [4.78, 5) is 22.3. The summed E-state index contributed by atoms with van der Waals surface area (Å²) in [5, 5.41) is 6.30. The molecule has 1 atom stereocenters. The van der Waals surface area contributed by atoms with E-state index in [-0.39, 0.29) is 36.1 Å². The Bertz CT molecular complexity index is 1280. The Hall–Kier alpha value is -3.46. The fourth-order valence-electron chi connectivity index (χ4n) is 4.97. The molecule has 1 aliphatic carbocycles. The van der Waals surface area contributed by atoms with Gasteiger partial charge in [0, 0.05) is 24.3 Å². The summed E-state index contributed by atoms with van der Waals surface area (Å²) in [5.41, 5.74) is 1.40. The van der Waals surface area contributed by atoms with Crippen LogP contribution in [0.25, 0.3) is 0 Å². The molecule has 2 fully saturated rings. The van der Waals surface area contributed by atoms with Gasteiger partial charge < -0.3 is 15.4 Å². The van der Waals surface area contributed by atoms with E-state index in [4.69, 9.17) is 4.74 Å². The maximum absolute atomic E-state index is 14.6. The molecule has 1 aliphatic heterocycles. The zero-order valence-corrected chi connectivity index (χ0v) is 20.6. The molecule has 0 bridgehead atoms. The van der Waals surface area contributed by atoms with Gasteiger partial charge in [0.2, 0.25) is 5.91 Å². The number of alkyl halides is 2. The predicted molar refractivity (Wildman–Crippen MR) is 133 cm³/mol. The highest BCUT2D eigenvalue weighted by atomic mass is 19.3. The molecule has 0 spiro atoms. The predicted octanol–water partition coefficient (Wildman–Crippen LogP) is 5.67. The Labute approximate surface area is 213 Å². The first-order valence-electron chi connectivity index (χ1n) is 12.5. The van der Waals surface area contributed by atoms with E-state index < -0.39 is 17.8 Å². The number of anilines is 1. The molecule has 5 rings (SSSR count). The second-order valence-corrected chi connectivity index (χ2v) is 9.63. The van der Waals surface area contributed by atoms with Crippen molar-refractivity contribution in [2.24, 2.45) is 0 Å². The van der Waals surface area contributed by atoms with Crippen molar-refractivity contribution in [2.75, 3.05) is 11.9 Å². The van der Waals surface area contributed by atoms with Gasteiger partial charge in [-0.1, -0.05) is 48.5 Å². The molecule has 2 N–H and O–H groups in total. The number of ether oxygens (including phenoxy) is 1. The Balaban J connectivity index is 1.40. The summed E-state index contributed by atoms with van der Waals surface area (Å²) in [5.74, 6) is -0.226. The third-order valence-corrected chi connectivity index (χ3v) is 6.96. The van der Waals surface area contributed by atoms with Crippen molar-refractivity contribution in [1.29, 1.82) is 0 Å². The van der Waals surface area contributed by atoms with Crippen LogP contribution in [0.4, 0.5) is 19.0 Å². The molecular weight excluding hydrogens is 481 g/mol. The summed E-state index contributed by atoms with van der Waals surface area (Å²) in [7, 11) is 0. The minimum atomic E-state index is -2.90. The number of hydrogen-bond donors (Lipinski definition) is 2. The lowest BCUT2D eigenvalue weighted by molar-refractivity contribution is -0.121. The molecule has 9 heteroatoms. The number of carbonyl (C=O) groups excluding carboxylic acids is 1. The average molecular weight is 511 g/mol. The zero-order chi connectivity index (χ0) is 26.0. The minimum absolute atomic E-state index is 0.0387. The third-order valence-electron chi connectivity index (χ3n) is 6.96. The number of carbonyl (C=O) groups is 1. The largest absolute Gasteiger partial charge is 0.373 e. The van der Waals surface area contributed by atoms with Crippen molar-refractivity contribution in [3.63, 3.8) is 0 Å². The van der Waals surface area contributed by atoms with Gasteiger partial charge in [-0.25, -0.2) is 23.1 Å². The number of halogens is 3. The fraction of sp³-hybridized carbons (Fsp3) is 0.393. The van der Waals surface area contributed by atoms with Crippen molar-refractivity contribution in [1.82, 2.24) is 15.3 Å². The van der Waals surface area contributed by atoms with Crippen LogP contribution < -0.4 is 10.6 Å². The molecule has 2 heterocycles. The Morgan fingerprint density at radius 2 is 1.92 bits per heavy atom. The molecule has 1 saturated heterocycles. The minimum Gasteiger partial charge on any atom is -0.373 e. The van der Waals surface area contributed by atoms with E-state index in [1.165, 1.54) is 12.1 Å². The number of nitrogens with zero attached hydrogens (tertiary/aromatic N) is 2. The van der Waals surface area contributed by atoms with Crippen LogP contribution in [0.1, 0.15) is 72.0 Å². The highest BCUT2D eigenvalue weighted by molar-refractivity contribution is 5.80. The molecule has 1 unspecified atom stereocenters. The standard InChI is InChI=1S/C28H29F3N4O2/c1-17-33-21(15-23(36)35-28(12-13-28)19-8-3-2-4-9-19)24(22-11-6-14-37-22)27(34-17)32-16-18-7-5-10-20(25(18)29)26(30)31/h2-5,7-10,22,26H,6,11-16H2,1H3,(H,35,36)(H,32,33,34). The van der Waals surface area contributed by atoms with Crippen molar-refractivity contribution in [2.45, 2.75) is 63.6 Å². The number of aromatic nitrogens is 2. The van der Waals surface area contributed by atoms with Gasteiger partial charge in [0.25, 0.3) is 6.43 Å². The molecule has 1 aromatic heterocycles.